The maximum absolute atomic E-state index is 12.5. The van der Waals surface area contributed by atoms with Crippen molar-refractivity contribution < 1.29 is 9.59 Å². The van der Waals surface area contributed by atoms with Crippen molar-refractivity contribution in [3.05, 3.63) is 71.4 Å². The molecule has 134 valence electrons. The van der Waals surface area contributed by atoms with Crippen LogP contribution < -0.4 is 11.1 Å². The minimum absolute atomic E-state index is 0.0195. The van der Waals surface area contributed by atoms with E-state index in [1.165, 1.54) is 6.08 Å². The number of hydrogen-bond donors (Lipinski definition) is 2. The Morgan fingerprint density at radius 1 is 1.19 bits per heavy atom. The average Bonchev–Trinajstić information content (AvgIpc) is 2.98. The first-order valence-electron chi connectivity index (χ1n) is 8.34. The van der Waals surface area contributed by atoms with E-state index in [1.54, 1.807) is 16.8 Å². The molecule has 0 saturated heterocycles. The third kappa shape index (κ3) is 3.88. The number of para-hydroxylation sites is 2. The van der Waals surface area contributed by atoms with Gasteiger partial charge in [-0.1, -0.05) is 36.4 Å². The first-order chi connectivity index (χ1) is 13.0. The molecule has 3 N–H and O–H groups in total. The van der Waals surface area contributed by atoms with Gasteiger partial charge in [0.25, 0.3) is 5.91 Å². The number of benzene rings is 2. The second kappa shape index (κ2) is 7.58. The van der Waals surface area contributed by atoms with Crippen LogP contribution in [-0.2, 0) is 16.1 Å². The Balaban J connectivity index is 1.98. The van der Waals surface area contributed by atoms with Crippen molar-refractivity contribution in [1.29, 1.82) is 5.26 Å². The second-order valence-corrected chi connectivity index (χ2v) is 6.13. The Bertz CT molecular complexity index is 1100. The summed E-state index contributed by atoms with van der Waals surface area (Å²) in [6.45, 7) is 1.90. The average molecular weight is 358 g/mol. The summed E-state index contributed by atoms with van der Waals surface area (Å²) in [5, 5.41) is 13.1. The molecule has 0 aliphatic heterocycles. The molecule has 27 heavy (non-hydrogen) atoms. The number of carbonyl (C=O) groups excluding carboxylic acids is 2. The van der Waals surface area contributed by atoms with Crippen molar-refractivity contribution in [2.45, 2.75) is 13.5 Å². The Morgan fingerprint density at radius 3 is 2.59 bits per heavy atom. The van der Waals surface area contributed by atoms with Crippen LogP contribution in [0.3, 0.4) is 0 Å². The summed E-state index contributed by atoms with van der Waals surface area (Å²) in [5.41, 5.74) is 8.31. The van der Waals surface area contributed by atoms with Crippen molar-refractivity contribution in [2.75, 3.05) is 5.32 Å². The number of nitrogens with two attached hydrogens (primary N) is 1. The fraction of sp³-hybridized carbons (Fsp3) is 0.0952. The minimum atomic E-state index is -0.487. The molecule has 0 radical (unpaired) electrons. The number of fused-ring (bicyclic) bond motifs is 1. The molecule has 0 fully saturated rings. The predicted molar refractivity (Wildman–Crippen MR) is 105 cm³/mol. The van der Waals surface area contributed by atoms with Crippen LogP contribution in [0.15, 0.2) is 60.3 Å². The molecular formula is C21H18N4O2. The SMILES string of the molecule is Cc1ccccc1NC(=O)/C(C#N)=C/c1cn(CC(N)=O)c2ccccc12. The number of carbonyl (C=O) groups is 2. The molecule has 0 spiro atoms. The molecule has 3 aromatic rings. The zero-order valence-electron chi connectivity index (χ0n) is 14.8. The van der Waals surface area contributed by atoms with Gasteiger partial charge >= 0.3 is 0 Å². The third-order valence-corrected chi connectivity index (χ3v) is 4.20. The summed E-state index contributed by atoms with van der Waals surface area (Å²) >= 11 is 0. The standard InChI is InChI=1S/C21H18N4O2/c1-14-6-2-4-8-18(14)24-21(27)15(11-22)10-16-12-25(13-20(23)26)19-9-5-3-7-17(16)19/h2-10,12H,13H2,1H3,(H2,23,26)(H,24,27)/b15-10+. The topological polar surface area (TPSA) is 101 Å². The van der Waals surface area contributed by atoms with Gasteiger partial charge < -0.3 is 15.6 Å². The maximum atomic E-state index is 12.5. The number of nitrogens with zero attached hydrogens (tertiary/aromatic N) is 2. The number of rotatable bonds is 5. The molecule has 0 aliphatic rings. The third-order valence-electron chi connectivity index (χ3n) is 4.20. The number of nitriles is 1. The van der Waals surface area contributed by atoms with Gasteiger partial charge in [0.15, 0.2) is 0 Å². The van der Waals surface area contributed by atoms with Crippen molar-refractivity contribution in [2.24, 2.45) is 5.73 Å². The molecule has 0 bridgehead atoms. The quantitative estimate of drug-likeness (QED) is 0.541. The highest BCUT2D eigenvalue weighted by molar-refractivity contribution is 6.11. The summed E-state index contributed by atoms with van der Waals surface area (Å²) in [6, 6.07) is 16.7. The van der Waals surface area contributed by atoms with Crippen LogP contribution in [0, 0.1) is 18.3 Å². The lowest BCUT2D eigenvalue weighted by Gasteiger charge is -2.07. The van der Waals surface area contributed by atoms with Crippen LogP contribution in [0.25, 0.3) is 17.0 Å². The number of amides is 2. The van der Waals surface area contributed by atoms with Gasteiger partial charge in [0.05, 0.1) is 0 Å². The monoisotopic (exact) mass is 358 g/mol. The van der Waals surface area contributed by atoms with Gasteiger partial charge in [-0.15, -0.1) is 0 Å². The fourth-order valence-electron chi connectivity index (χ4n) is 2.90. The zero-order valence-corrected chi connectivity index (χ0v) is 14.8. The molecular weight excluding hydrogens is 340 g/mol. The van der Waals surface area contributed by atoms with Gasteiger partial charge in [-0.25, -0.2) is 0 Å². The van der Waals surface area contributed by atoms with Gasteiger partial charge in [0.2, 0.25) is 5.91 Å². The number of anilines is 1. The first kappa shape index (κ1) is 18.0. The van der Waals surface area contributed by atoms with E-state index in [4.69, 9.17) is 5.73 Å². The van der Waals surface area contributed by atoms with Crippen molar-refractivity contribution >= 4 is 34.5 Å². The Morgan fingerprint density at radius 2 is 1.89 bits per heavy atom. The van der Waals surface area contributed by atoms with Crippen molar-refractivity contribution in [3.63, 3.8) is 0 Å². The molecule has 6 nitrogen and oxygen atoms in total. The van der Waals surface area contributed by atoms with E-state index in [0.717, 1.165) is 16.5 Å². The number of aromatic nitrogens is 1. The normalized spacial score (nSPS) is 11.2. The largest absolute Gasteiger partial charge is 0.368 e. The molecule has 0 atom stereocenters. The van der Waals surface area contributed by atoms with Crippen LogP contribution in [0.4, 0.5) is 5.69 Å². The molecule has 0 unspecified atom stereocenters. The number of hydrogen-bond acceptors (Lipinski definition) is 3. The molecule has 2 aromatic carbocycles. The second-order valence-electron chi connectivity index (χ2n) is 6.13. The fourth-order valence-corrected chi connectivity index (χ4v) is 2.90. The molecule has 6 heteroatoms. The van der Waals surface area contributed by atoms with E-state index in [9.17, 15) is 14.9 Å². The lowest BCUT2D eigenvalue weighted by molar-refractivity contribution is -0.118. The summed E-state index contributed by atoms with van der Waals surface area (Å²) in [5.74, 6) is -0.956. The Labute approximate surface area is 156 Å². The highest BCUT2D eigenvalue weighted by Crippen LogP contribution is 2.24. The van der Waals surface area contributed by atoms with Gasteiger partial charge in [0.1, 0.15) is 18.2 Å². The molecule has 3 rings (SSSR count). The van der Waals surface area contributed by atoms with Gasteiger partial charge in [-0.2, -0.15) is 5.26 Å². The summed E-state index contributed by atoms with van der Waals surface area (Å²) in [6.07, 6.45) is 3.24. The number of nitrogens with one attached hydrogen (secondary N) is 1. The number of aryl methyl sites for hydroxylation is 1. The maximum Gasteiger partial charge on any atom is 0.266 e. The lowest BCUT2D eigenvalue weighted by atomic mass is 10.1. The predicted octanol–water partition coefficient (Wildman–Crippen LogP) is 2.98. The van der Waals surface area contributed by atoms with Crippen LogP contribution in [-0.4, -0.2) is 16.4 Å². The van der Waals surface area contributed by atoms with E-state index in [1.807, 2.05) is 55.5 Å². The lowest BCUT2D eigenvalue weighted by Crippen LogP contribution is -2.17. The zero-order chi connectivity index (χ0) is 19.4. The first-order valence-corrected chi connectivity index (χ1v) is 8.34. The Hall–Kier alpha value is -3.85. The van der Waals surface area contributed by atoms with Crippen LogP contribution in [0.2, 0.25) is 0 Å². The molecule has 0 aliphatic carbocycles. The molecule has 2 amide bonds. The van der Waals surface area contributed by atoms with Gasteiger partial charge in [0, 0.05) is 28.4 Å². The Kier molecular flexibility index (Phi) is 5.04. The summed E-state index contributed by atoms with van der Waals surface area (Å²) < 4.78 is 1.71. The summed E-state index contributed by atoms with van der Waals surface area (Å²) in [4.78, 5) is 23.9. The smallest absolute Gasteiger partial charge is 0.266 e. The van der Waals surface area contributed by atoms with E-state index in [0.29, 0.717) is 11.3 Å². The highest BCUT2D eigenvalue weighted by atomic mass is 16.2. The number of primary amides is 1. The minimum Gasteiger partial charge on any atom is -0.368 e. The molecule has 1 heterocycles. The van der Waals surface area contributed by atoms with Crippen molar-refractivity contribution in [3.8, 4) is 6.07 Å². The van der Waals surface area contributed by atoms with E-state index >= 15 is 0 Å². The summed E-state index contributed by atoms with van der Waals surface area (Å²) in [7, 11) is 0. The van der Waals surface area contributed by atoms with Crippen molar-refractivity contribution in [1.82, 2.24) is 4.57 Å². The van der Waals surface area contributed by atoms with Gasteiger partial charge in [-0.05, 0) is 30.7 Å². The van der Waals surface area contributed by atoms with E-state index in [2.05, 4.69) is 5.32 Å². The van der Waals surface area contributed by atoms with Crippen LogP contribution >= 0.6 is 0 Å². The molecule has 0 saturated carbocycles. The van der Waals surface area contributed by atoms with Gasteiger partial charge in [-0.3, -0.25) is 9.59 Å². The van der Waals surface area contributed by atoms with E-state index < -0.39 is 11.8 Å². The van der Waals surface area contributed by atoms with E-state index in [-0.39, 0.29) is 12.1 Å². The van der Waals surface area contributed by atoms with Crippen LogP contribution in [0.5, 0.6) is 0 Å². The highest BCUT2D eigenvalue weighted by Gasteiger charge is 2.14. The molecule has 1 aromatic heterocycles. The van der Waals surface area contributed by atoms with Crippen LogP contribution in [0.1, 0.15) is 11.1 Å².